The Kier molecular flexibility index (Phi) is 5.06. The van der Waals surface area contributed by atoms with E-state index in [1.807, 2.05) is 27.7 Å². The summed E-state index contributed by atoms with van der Waals surface area (Å²) in [4.78, 5) is 16.7. The van der Waals surface area contributed by atoms with E-state index in [4.69, 9.17) is 0 Å². The van der Waals surface area contributed by atoms with E-state index in [1.54, 1.807) is 12.1 Å². The molecule has 1 unspecified atom stereocenters. The van der Waals surface area contributed by atoms with E-state index in [9.17, 15) is 9.18 Å². The monoisotopic (exact) mass is 307 g/mol. The minimum absolute atomic E-state index is 0.0720. The number of anilines is 1. The van der Waals surface area contributed by atoms with Crippen LogP contribution in [0.25, 0.3) is 0 Å². The molecule has 5 heteroatoms. The molecule has 0 aliphatic carbocycles. The van der Waals surface area contributed by atoms with Crippen LogP contribution in [-0.4, -0.2) is 48.6 Å². The standard InChI is InChI=1S/C17H26FN3O/c1-13(16(22)19-17(2,3)4)20-9-11-21(12-10-20)15-7-5-14(18)6-8-15/h5-8,13H,9-12H2,1-4H3,(H,19,22). The molecule has 1 aliphatic heterocycles. The average Bonchev–Trinajstić information content (AvgIpc) is 2.46. The van der Waals surface area contributed by atoms with Gasteiger partial charge in [0.15, 0.2) is 0 Å². The second-order valence-corrected chi connectivity index (χ2v) is 6.91. The van der Waals surface area contributed by atoms with Crippen LogP contribution in [0.4, 0.5) is 10.1 Å². The summed E-state index contributed by atoms with van der Waals surface area (Å²) in [7, 11) is 0. The van der Waals surface area contributed by atoms with Crippen molar-refractivity contribution in [2.24, 2.45) is 0 Å². The maximum absolute atomic E-state index is 13.0. The third-order valence-electron chi connectivity index (χ3n) is 3.93. The predicted molar refractivity (Wildman–Crippen MR) is 87.5 cm³/mol. The molecule has 1 atom stereocenters. The van der Waals surface area contributed by atoms with Crippen molar-refractivity contribution in [1.29, 1.82) is 0 Å². The lowest BCUT2D eigenvalue weighted by Gasteiger charge is -2.39. The molecule has 1 fully saturated rings. The van der Waals surface area contributed by atoms with Crippen molar-refractivity contribution in [1.82, 2.24) is 10.2 Å². The molecule has 1 saturated heterocycles. The molecule has 0 saturated carbocycles. The van der Waals surface area contributed by atoms with Crippen LogP contribution >= 0.6 is 0 Å². The van der Waals surface area contributed by atoms with Gasteiger partial charge in [-0.1, -0.05) is 0 Å². The average molecular weight is 307 g/mol. The van der Waals surface area contributed by atoms with Gasteiger partial charge in [-0.2, -0.15) is 0 Å². The topological polar surface area (TPSA) is 35.6 Å². The van der Waals surface area contributed by atoms with Gasteiger partial charge in [0, 0.05) is 37.4 Å². The van der Waals surface area contributed by atoms with E-state index in [2.05, 4.69) is 15.1 Å². The number of hydrogen-bond acceptors (Lipinski definition) is 3. The first-order chi connectivity index (χ1) is 10.3. The van der Waals surface area contributed by atoms with Crippen LogP contribution in [0.5, 0.6) is 0 Å². The number of nitrogens with one attached hydrogen (secondary N) is 1. The Bertz CT molecular complexity index is 502. The molecule has 2 rings (SSSR count). The zero-order chi connectivity index (χ0) is 16.3. The molecular weight excluding hydrogens is 281 g/mol. The van der Waals surface area contributed by atoms with Crippen molar-refractivity contribution in [3.63, 3.8) is 0 Å². The summed E-state index contributed by atoms with van der Waals surface area (Å²) >= 11 is 0. The second-order valence-electron chi connectivity index (χ2n) is 6.91. The van der Waals surface area contributed by atoms with Gasteiger partial charge in [0.2, 0.25) is 5.91 Å². The fourth-order valence-electron chi connectivity index (χ4n) is 2.66. The third kappa shape index (κ3) is 4.44. The SMILES string of the molecule is CC(C(=O)NC(C)(C)C)N1CCN(c2ccc(F)cc2)CC1. The van der Waals surface area contributed by atoms with Gasteiger partial charge < -0.3 is 10.2 Å². The molecule has 1 aromatic rings. The quantitative estimate of drug-likeness (QED) is 0.930. The van der Waals surface area contributed by atoms with Crippen LogP contribution in [0.15, 0.2) is 24.3 Å². The summed E-state index contributed by atoms with van der Waals surface area (Å²) in [5.41, 5.74) is 0.828. The number of piperazine rings is 1. The van der Waals surface area contributed by atoms with Crippen molar-refractivity contribution in [3.05, 3.63) is 30.1 Å². The van der Waals surface area contributed by atoms with Gasteiger partial charge in [-0.05, 0) is 52.0 Å². The lowest BCUT2D eigenvalue weighted by Crippen LogP contribution is -2.56. The smallest absolute Gasteiger partial charge is 0.237 e. The second kappa shape index (κ2) is 6.65. The minimum Gasteiger partial charge on any atom is -0.369 e. The van der Waals surface area contributed by atoms with Crippen molar-refractivity contribution in [2.75, 3.05) is 31.1 Å². The summed E-state index contributed by atoms with van der Waals surface area (Å²) in [5.74, 6) is -0.141. The molecule has 0 radical (unpaired) electrons. The van der Waals surface area contributed by atoms with Gasteiger partial charge in [0.1, 0.15) is 5.82 Å². The Hall–Kier alpha value is -1.62. The number of nitrogens with zero attached hydrogens (tertiary/aromatic N) is 2. The number of rotatable bonds is 3. The predicted octanol–water partition coefficient (Wildman–Crippen LogP) is 2.25. The van der Waals surface area contributed by atoms with Crippen molar-refractivity contribution >= 4 is 11.6 Å². The van der Waals surface area contributed by atoms with Gasteiger partial charge in [-0.3, -0.25) is 9.69 Å². The first-order valence-electron chi connectivity index (χ1n) is 7.83. The molecule has 0 aromatic heterocycles. The summed E-state index contributed by atoms with van der Waals surface area (Å²) in [5, 5.41) is 3.03. The molecule has 122 valence electrons. The van der Waals surface area contributed by atoms with E-state index in [0.29, 0.717) is 0 Å². The Labute approximate surface area is 132 Å². The molecule has 0 bridgehead atoms. The highest BCUT2D eigenvalue weighted by Crippen LogP contribution is 2.18. The van der Waals surface area contributed by atoms with Crippen LogP contribution in [-0.2, 0) is 4.79 Å². The van der Waals surface area contributed by atoms with Gasteiger partial charge in [-0.25, -0.2) is 4.39 Å². The van der Waals surface area contributed by atoms with Crippen LogP contribution in [0, 0.1) is 5.82 Å². The Morgan fingerprint density at radius 3 is 2.18 bits per heavy atom. The van der Waals surface area contributed by atoms with Gasteiger partial charge >= 0.3 is 0 Å². The highest BCUT2D eigenvalue weighted by molar-refractivity contribution is 5.82. The number of halogens is 1. The maximum Gasteiger partial charge on any atom is 0.237 e. The van der Waals surface area contributed by atoms with E-state index < -0.39 is 0 Å². The van der Waals surface area contributed by atoms with Crippen molar-refractivity contribution in [3.8, 4) is 0 Å². The summed E-state index contributed by atoms with van der Waals surface area (Å²) < 4.78 is 13.0. The Morgan fingerprint density at radius 2 is 1.68 bits per heavy atom. The molecule has 1 heterocycles. The van der Waals surface area contributed by atoms with Gasteiger partial charge in [-0.15, -0.1) is 0 Å². The highest BCUT2D eigenvalue weighted by Gasteiger charge is 2.27. The minimum atomic E-state index is -0.213. The van der Waals surface area contributed by atoms with Crippen LogP contribution in [0.3, 0.4) is 0 Å². The van der Waals surface area contributed by atoms with Crippen LogP contribution in [0.2, 0.25) is 0 Å². The number of carbonyl (C=O) groups excluding carboxylic acids is 1. The van der Waals surface area contributed by atoms with E-state index >= 15 is 0 Å². The molecule has 0 spiro atoms. The molecule has 22 heavy (non-hydrogen) atoms. The fraction of sp³-hybridized carbons (Fsp3) is 0.588. The zero-order valence-corrected chi connectivity index (χ0v) is 13.9. The van der Waals surface area contributed by atoms with Crippen LogP contribution in [0.1, 0.15) is 27.7 Å². The van der Waals surface area contributed by atoms with Gasteiger partial charge in [0.05, 0.1) is 6.04 Å². The molecular formula is C17H26FN3O. The summed E-state index contributed by atoms with van der Waals surface area (Å²) in [6.07, 6.45) is 0. The largest absolute Gasteiger partial charge is 0.369 e. The van der Waals surface area contributed by atoms with Gasteiger partial charge in [0.25, 0.3) is 0 Å². The first-order valence-corrected chi connectivity index (χ1v) is 7.83. The first kappa shape index (κ1) is 16.7. The van der Waals surface area contributed by atoms with E-state index in [-0.39, 0.29) is 23.3 Å². The van der Waals surface area contributed by atoms with Crippen LogP contribution < -0.4 is 10.2 Å². The number of benzene rings is 1. The van der Waals surface area contributed by atoms with E-state index in [0.717, 1.165) is 31.9 Å². The lowest BCUT2D eigenvalue weighted by atomic mass is 10.1. The Balaban J connectivity index is 1.88. The number of carbonyl (C=O) groups is 1. The number of amides is 1. The third-order valence-corrected chi connectivity index (χ3v) is 3.93. The van der Waals surface area contributed by atoms with E-state index in [1.165, 1.54) is 12.1 Å². The van der Waals surface area contributed by atoms with Crippen molar-refractivity contribution in [2.45, 2.75) is 39.3 Å². The maximum atomic E-state index is 13.0. The lowest BCUT2D eigenvalue weighted by molar-refractivity contribution is -0.127. The molecule has 4 nitrogen and oxygen atoms in total. The normalized spacial score (nSPS) is 18.1. The molecule has 1 aliphatic rings. The molecule has 1 aromatic carbocycles. The zero-order valence-electron chi connectivity index (χ0n) is 13.9. The summed E-state index contributed by atoms with van der Waals surface area (Å²) in [6, 6.07) is 6.46. The molecule has 1 amide bonds. The number of hydrogen-bond donors (Lipinski definition) is 1. The Morgan fingerprint density at radius 1 is 1.14 bits per heavy atom. The molecule has 1 N–H and O–H groups in total. The fourth-order valence-corrected chi connectivity index (χ4v) is 2.66. The highest BCUT2D eigenvalue weighted by atomic mass is 19.1. The van der Waals surface area contributed by atoms with Crippen molar-refractivity contribution < 1.29 is 9.18 Å². The summed E-state index contributed by atoms with van der Waals surface area (Å²) in [6.45, 7) is 11.3.